The topological polar surface area (TPSA) is 60.9 Å². The number of amides is 1. The lowest BCUT2D eigenvalue weighted by Gasteiger charge is -2.32. The van der Waals surface area contributed by atoms with Crippen molar-refractivity contribution in [2.75, 3.05) is 64.4 Å². The van der Waals surface area contributed by atoms with Crippen LogP contribution in [0.1, 0.15) is 44.5 Å². The van der Waals surface area contributed by atoms with Crippen molar-refractivity contribution in [2.45, 2.75) is 51.6 Å². The summed E-state index contributed by atoms with van der Waals surface area (Å²) >= 11 is 0. The van der Waals surface area contributed by atoms with Crippen molar-refractivity contribution in [1.82, 2.24) is 20.1 Å². The molecule has 5 rings (SSSR count). The number of hydrogen-bond acceptors (Lipinski definition) is 6. The number of carbonyl (C=O) groups is 1. The summed E-state index contributed by atoms with van der Waals surface area (Å²) in [6.07, 6.45) is 2.55. The number of hydrogen-bond donors (Lipinski definition) is 1. The molecule has 1 aromatic carbocycles. The number of pyridine rings is 1. The lowest BCUT2D eigenvalue weighted by molar-refractivity contribution is -0.120. The summed E-state index contributed by atoms with van der Waals surface area (Å²) in [5, 5.41) is 3.42. The highest BCUT2D eigenvalue weighted by atomic mass is 19.1. The molecule has 0 bridgehead atoms. The first-order chi connectivity index (χ1) is 17.6. The van der Waals surface area contributed by atoms with E-state index in [9.17, 15) is 9.18 Å². The third-order valence-electron chi connectivity index (χ3n) is 7.54. The van der Waals surface area contributed by atoms with Gasteiger partial charge in [0, 0.05) is 56.4 Å². The molecule has 1 N–H and O–H groups in total. The Balaban J connectivity index is 0.000000342. The number of ether oxygens (including phenoxy) is 1. The summed E-state index contributed by atoms with van der Waals surface area (Å²) in [5.74, 6) is -0.103. The van der Waals surface area contributed by atoms with Crippen molar-refractivity contribution in [1.29, 1.82) is 0 Å². The molecule has 0 saturated carbocycles. The van der Waals surface area contributed by atoms with Crippen LogP contribution in [0.2, 0.25) is 0 Å². The summed E-state index contributed by atoms with van der Waals surface area (Å²) < 4.78 is 18.4. The lowest BCUT2D eigenvalue weighted by atomic mass is 9.91. The van der Waals surface area contributed by atoms with Gasteiger partial charge in [-0.3, -0.25) is 19.6 Å². The van der Waals surface area contributed by atoms with Crippen molar-refractivity contribution in [3.63, 3.8) is 0 Å². The number of halogens is 1. The van der Waals surface area contributed by atoms with E-state index < -0.39 is 0 Å². The van der Waals surface area contributed by atoms with Gasteiger partial charge in [0.15, 0.2) is 0 Å². The quantitative estimate of drug-likeness (QED) is 0.681. The summed E-state index contributed by atoms with van der Waals surface area (Å²) in [6, 6.07) is 9.64. The molecule has 8 heteroatoms. The van der Waals surface area contributed by atoms with Gasteiger partial charge in [-0.05, 0) is 56.6 Å². The molecule has 3 aliphatic heterocycles. The zero-order valence-electron chi connectivity index (χ0n) is 23.0. The van der Waals surface area contributed by atoms with E-state index in [0.717, 1.165) is 61.9 Å². The second kappa shape index (κ2) is 12.0. The number of carbonyl (C=O) groups excluding carboxylic acids is 1. The predicted molar refractivity (Wildman–Crippen MR) is 146 cm³/mol. The Kier molecular flexibility index (Phi) is 8.95. The van der Waals surface area contributed by atoms with Crippen LogP contribution in [0.3, 0.4) is 0 Å². The molecule has 37 heavy (non-hydrogen) atoms. The first kappa shape index (κ1) is 27.6. The summed E-state index contributed by atoms with van der Waals surface area (Å²) in [5.41, 5.74) is 3.78. The normalized spacial score (nSPS) is 23.8. The molecule has 202 valence electrons. The maximum absolute atomic E-state index is 13.2. The molecule has 2 saturated heterocycles. The minimum absolute atomic E-state index is 0.131. The van der Waals surface area contributed by atoms with Crippen LogP contribution in [0.4, 0.5) is 10.1 Å². The average molecular weight is 512 g/mol. The monoisotopic (exact) mass is 511 g/mol. The molecule has 4 heterocycles. The fraction of sp³-hybridized carbons (Fsp3) is 0.586. The fourth-order valence-corrected chi connectivity index (χ4v) is 5.18. The molecule has 0 spiro atoms. The largest absolute Gasteiger partial charge is 0.379 e. The van der Waals surface area contributed by atoms with Gasteiger partial charge in [-0.15, -0.1) is 0 Å². The average Bonchev–Trinajstić information content (AvgIpc) is 3.13. The van der Waals surface area contributed by atoms with Gasteiger partial charge in [-0.2, -0.15) is 0 Å². The zero-order chi connectivity index (χ0) is 26.6. The van der Waals surface area contributed by atoms with Crippen molar-refractivity contribution >= 4 is 11.6 Å². The Hall–Kier alpha value is -2.39. The van der Waals surface area contributed by atoms with Gasteiger partial charge in [0.1, 0.15) is 5.82 Å². The Morgan fingerprint density at radius 3 is 2.59 bits per heavy atom. The molecule has 0 aliphatic carbocycles. The number of rotatable bonds is 4. The van der Waals surface area contributed by atoms with Gasteiger partial charge in [0.05, 0.1) is 31.1 Å². The Morgan fingerprint density at radius 2 is 1.95 bits per heavy atom. The minimum atomic E-state index is -0.235. The van der Waals surface area contributed by atoms with Gasteiger partial charge < -0.3 is 15.0 Å². The van der Waals surface area contributed by atoms with Gasteiger partial charge >= 0.3 is 0 Å². The molecular weight excluding hydrogens is 469 g/mol. The molecule has 2 atom stereocenters. The number of anilines is 1. The number of fused-ring (bicyclic) bond motifs is 1. The summed E-state index contributed by atoms with van der Waals surface area (Å²) in [4.78, 5) is 24.3. The highest BCUT2D eigenvalue weighted by Crippen LogP contribution is 2.39. The maximum Gasteiger partial charge on any atom is 0.241 e. The van der Waals surface area contributed by atoms with E-state index in [1.165, 1.54) is 12.1 Å². The first-order valence-electron chi connectivity index (χ1n) is 13.4. The number of benzene rings is 1. The molecular formula is C29H42FN5O2. The Morgan fingerprint density at radius 1 is 1.19 bits per heavy atom. The van der Waals surface area contributed by atoms with Crippen LogP contribution >= 0.6 is 0 Å². The maximum atomic E-state index is 13.2. The molecule has 2 unspecified atom stereocenters. The predicted octanol–water partition coefficient (Wildman–Crippen LogP) is 3.07. The number of piperazine rings is 1. The van der Waals surface area contributed by atoms with Crippen LogP contribution in [0, 0.1) is 5.82 Å². The molecule has 2 fully saturated rings. The zero-order valence-corrected chi connectivity index (χ0v) is 23.0. The number of morpholine rings is 1. The van der Waals surface area contributed by atoms with E-state index in [-0.39, 0.29) is 17.1 Å². The second-order valence-corrected chi connectivity index (χ2v) is 11.4. The van der Waals surface area contributed by atoms with Crippen LogP contribution in [0.15, 0.2) is 36.5 Å². The van der Waals surface area contributed by atoms with Gasteiger partial charge in [0.2, 0.25) is 5.91 Å². The Labute approximate surface area is 221 Å². The first-order valence-corrected chi connectivity index (χ1v) is 13.4. The molecule has 3 aliphatic rings. The summed E-state index contributed by atoms with van der Waals surface area (Å²) in [6.45, 7) is 15.3. The van der Waals surface area contributed by atoms with Crippen molar-refractivity contribution in [3.8, 4) is 0 Å². The molecule has 0 radical (unpaired) electrons. The smallest absolute Gasteiger partial charge is 0.241 e. The van der Waals surface area contributed by atoms with Gasteiger partial charge in [-0.1, -0.05) is 26.0 Å². The molecule has 1 amide bonds. The number of nitrogens with one attached hydrogen (secondary N) is 1. The van der Waals surface area contributed by atoms with E-state index in [4.69, 9.17) is 9.72 Å². The highest BCUT2D eigenvalue weighted by Gasteiger charge is 2.40. The fourth-order valence-electron chi connectivity index (χ4n) is 5.18. The van der Waals surface area contributed by atoms with E-state index >= 15 is 0 Å². The molecule has 7 nitrogen and oxygen atoms in total. The van der Waals surface area contributed by atoms with Crippen LogP contribution in [0.5, 0.6) is 0 Å². The van der Waals surface area contributed by atoms with E-state index in [1.54, 1.807) is 12.1 Å². The van der Waals surface area contributed by atoms with Crippen molar-refractivity contribution in [3.05, 3.63) is 59.2 Å². The highest BCUT2D eigenvalue weighted by molar-refractivity contribution is 5.97. The lowest BCUT2D eigenvalue weighted by Crippen LogP contribution is -2.52. The van der Waals surface area contributed by atoms with Crippen molar-refractivity contribution < 1.29 is 13.9 Å². The van der Waals surface area contributed by atoms with Gasteiger partial charge in [0.25, 0.3) is 0 Å². The third-order valence-corrected chi connectivity index (χ3v) is 7.54. The van der Waals surface area contributed by atoms with E-state index in [1.807, 2.05) is 11.1 Å². The van der Waals surface area contributed by atoms with Crippen LogP contribution in [0.25, 0.3) is 0 Å². The number of aromatic nitrogens is 1. The molecule has 1 aromatic heterocycles. The van der Waals surface area contributed by atoms with Crippen LogP contribution in [-0.4, -0.2) is 92.3 Å². The number of likely N-dealkylation sites (N-methyl/N-ethyl adjacent to an activating group) is 1. The Bertz CT molecular complexity index is 1050. The van der Waals surface area contributed by atoms with Crippen LogP contribution < -0.4 is 10.2 Å². The third kappa shape index (κ3) is 7.13. The minimum Gasteiger partial charge on any atom is -0.379 e. The standard InChI is InChI=1S/C23H29FN4O.C6H13NO/c1-16-13-27(9-8-25-16)14-21(29)28-15-23(2,3)22-20(28)11-18(12-26-22)10-17-4-6-19(24)7-5-17;1-6-5-8-4-3-7(6)2/h4-7,11-12,16,25H,8-10,13-15H2,1-3H3;6H,3-5H2,1-2H3. The summed E-state index contributed by atoms with van der Waals surface area (Å²) in [7, 11) is 2.13. The van der Waals surface area contributed by atoms with E-state index in [2.05, 4.69) is 55.9 Å². The van der Waals surface area contributed by atoms with Gasteiger partial charge in [-0.25, -0.2) is 4.39 Å². The van der Waals surface area contributed by atoms with E-state index in [0.29, 0.717) is 31.6 Å². The number of nitrogens with zero attached hydrogens (tertiary/aromatic N) is 4. The van der Waals surface area contributed by atoms with Crippen LogP contribution in [-0.2, 0) is 21.4 Å². The second-order valence-electron chi connectivity index (χ2n) is 11.4. The molecule has 2 aromatic rings. The SMILES string of the molecule is CC1CN(CC(=O)N2CC(C)(C)c3ncc(Cc4ccc(F)cc4)cc32)CCN1.CC1COCCN1C. The van der Waals surface area contributed by atoms with Crippen molar-refractivity contribution in [2.24, 2.45) is 0 Å².